The summed E-state index contributed by atoms with van der Waals surface area (Å²) in [6.45, 7) is 9.88. The molecule has 3 aromatic carbocycles. The van der Waals surface area contributed by atoms with Crippen LogP contribution < -0.4 is 5.32 Å². The molecule has 384 valence electrons. The Labute approximate surface area is 415 Å². The number of aliphatic hydroxyl groups excluding tert-OH is 2. The maximum absolute atomic E-state index is 15.7. The van der Waals surface area contributed by atoms with Gasteiger partial charge in [0, 0.05) is 37.7 Å². The van der Waals surface area contributed by atoms with Crippen LogP contribution in [0.2, 0.25) is 0 Å². The molecule has 7 rings (SSSR count). The summed E-state index contributed by atoms with van der Waals surface area (Å²) in [4.78, 5) is 112. The Morgan fingerprint density at radius 3 is 1.89 bits per heavy atom. The van der Waals surface area contributed by atoms with E-state index in [4.69, 9.17) is 33.2 Å². The fraction of sp³-hybridized carbons (Fsp3) is 0.472. The van der Waals surface area contributed by atoms with Crippen molar-refractivity contribution in [2.24, 2.45) is 16.7 Å². The van der Waals surface area contributed by atoms with Gasteiger partial charge in [-0.1, -0.05) is 80.6 Å². The van der Waals surface area contributed by atoms with Crippen LogP contribution in [0.25, 0.3) is 0 Å². The van der Waals surface area contributed by atoms with Crippen LogP contribution in [0.3, 0.4) is 0 Å². The molecule has 1 amide bonds. The third-order valence-corrected chi connectivity index (χ3v) is 14.7. The highest BCUT2D eigenvalue weighted by Gasteiger charge is 2.78. The second-order valence-electron chi connectivity index (χ2n) is 19.5. The summed E-state index contributed by atoms with van der Waals surface area (Å²) >= 11 is 0. The summed E-state index contributed by atoms with van der Waals surface area (Å²) < 4.78 is 41.6. The van der Waals surface area contributed by atoms with Gasteiger partial charge in [0.05, 0.1) is 29.6 Å². The Bertz CT molecular complexity index is 2640. The molecule has 72 heavy (non-hydrogen) atoms. The average molecular weight is 998 g/mol. The van der Waals surface area contributed by atoms with E-state index >= 15 is 9.59 Å². The number of nitrogens with one attached hydrogen (secondary N) is 1. The molecule has 4 N–H and O–H groups in total. The van der Waals surface area contributed by atoms with Gasteiger partial charge in [0.25, 0.3) is 5.91 Å². The average Bonchev–Trinajstić information content (AvgIpc) is 3.33. The molecule has 3 aromatic rings. The van der Waals surface area contributed by atoms with Crippen LogP contribution in [0.5, 0.6) is 0 Å². The van der Waals surface area contributed by atoms with Crippen LogP contribution in [0.4, 0.5) is 0 Å². The highest BCUT2D eigenvalue weighted by atomic mass is 16.6. The number of benzene rings is 3. The summed E-state index contributed by atoms with van der Waals surface area (Å²) in [6.07, 6.45) is -14.7. The fourth-order valence-corrected chi connectivity index (χ4v) is 10.8. The van der Waals surface area contributed by atoms with Crippen molar-refractivity contribution in [2.75, 3.05) is 6.61 Å². The van der Waals surface area contributed by atoms with Gasteiger partial charge in [-0.25, -0.2) is 19.2 Å². The van der Waals surface area contributed by atoms with E-state index in [9.17, 15) is 44.1 Å². The summed E-state index contributed by atoms with van der Waals surface area (Å²) in [5.74, 6) is -9.92. The number of ketones is 1. The molecule has 3 fully saturated rings. The number of aliphatic hydroxyl groups is 3. The van der Waals surface area contributed by atoms with Gasteiger partial charge in [0.1, 0.15) is 36.1 Å². The van der Waals surface area contributed by atoms with Gasteiger partial charge in [-0.05, 0) is 68.7 Å². The molecule has 0 aromatic heterocycles. The van der Waals surface area contributed by atoms with Crippen LogP contribution in [0.15, 0.2) is 102 Å². The summed E-state index contributed by atoms with van der Waals surface area (Å²) in [7, 11) is 0. The van der Waals surface area contributed by atoms with Crippen molar-refractivity contribution in [3.63, 3.8) is 0 Å². The molecule has 0 radical (unpaired) electrons. The first-order valence-corrected chi connectivity index (χ1v) is 23.5. The largest absolute Gasteiger partial charge is 0.455 e. The van der Waals surface area contributed by atoms with Crippen molar-refractivity contribution in [1.29, 1.82) is 0 Å². The van der Waals surface area contributed by atoms with Crippen LogP contribution in [-0.4, -0.2) is 129 Å². The molecular weight excluding hydrogens is 939 g/mol. The molecule has 1 heterocycles. The number of hydrogen-bond acceptors (Lipinski definition) is 18. The van der Waals surface area contributed by atoms with Gasteiger partial charge in [-0.15, -0.1) is 0 Å². The first kappa shape index (κ1) is 53.0. The number of amides is 1. The normalized spacial score (nSPS) is 29.8. The van der Waals surface area contributed by atoms with E-state index in [1.54, 1.807) is 54.6 Å². The van der Waals surface area contributed by atoms with Crippen molar-refractivity contribution in [2.45, 2.75) is 134 Å². The molecule has 2 saturated carbocycles. The number of ether oxygens (including phenoxy) is 7. The van der Waals surface area contributed by atoms with E-state index in [1.165, 1.54) is 64.1 Å². The lowest BCUT2D eigenvalue weighted by Crippen LogP contribution is -2.82. The predicted molar refractivity (Wildman–Crippen MR) is 249 cm³/mol. The highest BCUT2D eigenvalue weighted by Crippen LogP contribution is 2.64. The van der Waals surface area contributed by atoms with Gasteiger partial charge in [0.2, 0.25) is 6.10 Å². The van der Waals surface area contributed by atoms with Crippen LogP contribution >= 0.6 is 0 Å². The second kappa shape index (κ2) is 20.4. The van der Waals surface area contributed by atoms with Crippen molar-refractivity contribution >= 4 is 47.5 Å². The number of fused-ring (bicyclic) bond motifs is 5. The highest BCUT2D eigenvalue weighted by molar-refractivity contribution is 5.96. The zero-order chi connectivity index (χ0) is 52.7. The third-order valence-electron chi connectivity index (χ3n) is 14.7. The second-order valence-corrected chi connectivity index (χ2v) is 19.5. The van der Waals surface area contributed by atoms with Crippen LogP contribution in [-0.2, 0) is 61.9 Å². The zero-order valence-corrected chi connectivity index (χ0v) is 41.0. The quantitative estimate of drug-likeness (QED) is 0.102. The van der Waals surface area contributed by atoms with Crippen molar-refractivity contribution < 1.29 is 86.8 Å². The van der Waals surface area contributed by atoms with E-state index < -0.39 is 137 Å². The molecule has 1 aliphatic heterocycles. The third kappa shape index (κ3) is 9.53. The zero-order valence-electron chi connectivity index (χ0n) is 41.0. The molecule has 0 spiro atoms. The predicted octanol–water partition coefficient (Wildman–Crippen LogP) is 3.60. The number of hydrogen-bond donors (Lipinski definition) is 4. The number of esters is 6. The molecule has 4 aliphatic rings. The van der Waals surface area contributed by atoms with Gasteiger partial charge in [-0.2, -0.15) is 0 Å². The Hall–Kier alpha value is -6.80. The van der Waals surface area contributed by atoms with E-state index in [0.29, 0.717) is 0 Å². The molecular formula is C53H59NO18. The lowest BCUT2D eigenvalue weighted by Gasteiger charge is -2.67. The van der Waals surface area contributed by atoms with Gasteiger partial charge in [-0.3, -0.25) is 19.2 Å². The van der Waals surface area contributed by atoms with E-state index in [1.807, 2.05) is 0 Å². The Kier molecular flexibility index (Phi) is 15.0. The number of rotatable bonds is 14. The standard InChI is InChI=1S/C53H59NO18/c1-27-35(69-49(64)41(70-47(62)29(3)67-46(61)28(2)55)39(32-18-12-9-13-19-32)54-45(60)33-20-14-10-15-21-33)25-53(65)44(71-48(63)34-22-16-11-17-23-34)42-51(8,36(58)24-37-52(42,26-66-37)72-31(5)57)43(59)40(68-30(4)56)38(27)50(53,6)7/h9-23,28-29,35-37,39-42,44,55,58,65H,24-26H2,1-8H3,(H,54,60)/t28?,29?,35-,36-,37+,39?,40+,41+,42?,44-,51+,52-,53+/m0/s1. The minimum atomic E-state index is -2.52. The van der Waals surface area contributed by atoms with Crippen molar-refractivity contribution in [1.82, 2.24) is 5.32 Å². The van der Waals surface area contributed by atoms with Crippen molar-refractivity contribution in [3.05, 3.63) is 119 Å². The molecule has 4 unspecified atom stereocenters. The topological polar surface area (TPSA) is 274 Å². The van der Waals surface area contributed by atoms with E-state index in [2.05, 4.69) is 5.32 Å². The molecule has 3 aliphatic carbocycles. The summed E-state index contributed by atoms with van der Waals surface area (Å²) in [5, 5.41) is 38.7. The maximum Gasteiger partial charge on any atom is 0.350 e. The lowest BCUT2D eigenvalue weighted by molar-refractivity contribution is -0.346. The smallest absolute Gasteiger partial charge is 0.350 e. The van der Waals surface area contributed by atoms with E-state index in [0.717, 1.165) is 27.7 Å². The van der Waals surface area contributed by atoms with Crippen molar-refractivity contribution in [3.8, 4) is 0 Å². The molecule has 19 heteroatoms. The van der Waals surface area contributed by atoms with E-state index in [-0.39, 0.29) is 40.9 Å². The number of carbonyl (C=O) groups is 8. The Balaban J connectivity index is 1.42. The van der Waals surface area contributed by atoms with Gasteiger partial charge >= 0.3 is 35.8 Å². The molecule has 2 bridgehead atoms. The fourth-order valence-electron chi connectivity index (χ4n) is 10.8. The minimum absolute atomic E-state index is 0.0133. The monoisotopic (exact) mass is 997 g/mol. The molecule has 19 nitrogen and oxygen atoms in total. The maximum atomic E-state index is 15.7. The summed E-state index contributed by atoms with van der Waals surface area (Å²) in [5.41, 5.74) is -7.94. The van der Waals surface area contributed by atoms with Gasteiger partial charge < -0.3 is 53.8 Å². The summed E-state index contributed by atoms with van der Waals surface area (Å²) in [6, 6.07) is 21.9. The van der Waals surface area contributed by atoms with Gasteiger partial charge in [0.15, 0.2) is 23.6 Å². The lowest BCUT2D eigenvalue weighted by atomic mass is 9.44. The first-order chi connectivity index (χ1) is 33.9. The molecule has 1 saturated heterocycles. The molecule has 13 atom stereocenters. The first-order valence-electron chi connectivity index (χ1n) is 23.5. The minimum Gasteiger partial charge on any atom is -0.455 e. The number of carbonyl (C=O) groups excluding carboxylic acids is 8. The SMILES string of the molecule is CC(=O)O[C@H]1C(=O)[C@@]2(C)C([C@H](OC(=O)c3ccccc3)[C@]3(O)C[C@H](OC(=O)[C@H](OC(=O)C(C)OC(=O)C(C)O)C(NC(=O)c4ccccc4)c4ccccc4)C(C)=C1C3(C)C)[C@]1(OC(C)=O)CO[C@@H]1C[C@@H]2O. The number of Topliss-reactive ketones (excluding diaryl/α,β-unsaturated/α-hetero) is 1. The Morgan fingerprint density at radius 2 is 1.35 bits per heavy atom. The van der Waals surface area contributed by atoms with Crippen LogP contribution in [0.1, 0.15) is 101 Å². The van der Waals surface area contributed by atoms with Crippen LogP contribution in [0, 0.1) is 16.7 Å². The Morgan fingerprint density at radius 1 is 0.764 bits per heavy atom.